The summed E-state index contributed by atoms with van der Waals surface area (Å²) in [7, 11) is 0. The molecule has 8 heteroatoms. The van der Waals surface area contributed by atoms with Gasteiger partial charge in [-0.1, -0.05) is 47.1 Å². The topological polar surface area (TPSA) is 130 Å². The largest absolute Gasteiger partial charge is 0.507 e. The van der Waals surface area contributed by atoms with Gasteiger partial charge in [-0.05, 0) is 87.5 Å². The van der Waals surface area contributed by atoms with Crippen molar-refractivity contribution >= 4 is 17.5 Å². The van der Waals surface area contributed by atoms with Crippen molar-refractivity contribution in [3.8, 4) is 17.2 Å². The van der Waals surface area contributed by atoms with Gasteiger partial charge >= 0.3 is 5.97 Å². The number of phenolic OH excluding ortho intramolecular Hbond substituents is 2. The Morgan fingerprint density at radius 3 is 2.22 bits per heavy atom. The molecule has 1 saturated carbocycles. The quantitative estimate of drug-likeness (QED) is 0.182. The van der Waals surface area contributed by atoms with Gasteiger partial charge in [0, 0.05) is 40.5 Å². The van der Waals surface area contributed by atoms with Gasteiger partial charge in [-0.3, -0.25) is 9.59 Å². The molecule has 3 N–H and O–H groups in total. The first-order valence-corrected chi connectivity index (χ1v) is 16.1. The van der Waals surface area contributed by atoms with Gasteiger partial charge < -0.3 is 24.8 Å². The number of hydrogen-bond acceptors (Lipinski definition) is 7. The smallest absolute Gasteiger partial charge is 0.330 e. The Morgan fingerprint density at radius 1 is 0.935 bits per heavy atom. The molecule has 4 atom stereocenters. The first-order valence-electron chi connectivity index (χ1n) is 16.1. The number of allylic oxidation sites excluding steroid dienone is 7. The van der Waals surface area contributed by atoms with E-state index in [-0.39, 0.29) is 64.6 Å². The van der Waals surface area contributed by atoms with Crippen molar-refractivity contribution in [2.24, 2.45) is 11.8 Å². The zero-order chi connectivity index (χ0) is 33.9. The first kappa shape index (κ1) is 33.5. The fourth-order valence-corrected chi connectivity index (χ4v) is 7.80. The summed E-state index contributed by atoms with van der Waals surface area (Å²) in [4.78, 5) is 40.6. The van der Waals surface area contributed by atoms with Crippen LogP contribution in [0.3, 0.4) is 0 Å². The third kappa shape index (κ3) is 5.05. The van der Waals surface area contributed by atoms with Gasteiger partial charge in [-0.2, -0.15) is 0 Å². The molecule has 1 saturated heterocycles. The standard InChI is InChI=1S/C38H46O8/c1-20(2)10-9-11-22(5)13-15-25-30(39)26(14-12-21(3)4)33-29(31(25)40)32(41)27-18-24-19-28-36(7,8)46-37(34(24)42,38(27,28)45-33)17-16-23(6)35(43)44/h10,12-13,16,18,24,28,39-40H,9,11,14-15,17,19H2,1-8H3,(H,43,44)/b22-13+,23-16+/t24-,28?,37?,38-/m1/s1. The maximum atomic E-state index is 14.7. The number of benzene rings is 1. The van der Waals surface area contributed by atoms with Crippen molar-refractivity contribution in [1.82, 2.24) is 0 Å². The van der Waals surface area contributed by atoms with E-state index in [2.05, 4.69) is 19.9 Å². The van der Waals surface area contributed by atoms with E-state index in [1.54, 1.807) is 6.08 Å². The number of aliphatic carboxylic acids is 1. The molecule has 2 fully saturated rings. The van der Waals surface area contributed by atoms with Crippen LogP contribution in [0.25, 0.3) is 0 Å². The molecule has 0 amide bonds. The molecule has 3 aliphatic carbocycles. The normalized spacial score (nSPS) is 27.4. The highest BCUT2D eigenvalue weighted by atomic mass is 16.6. The third-order valence-electron chi connectivity index (χ3n) is 10.2. The van der Waals surface area contributed by atoms with Crippen molar-refractivity contribution in [2.45, 2.75) is 111 Å². The molecule has 1 spiro atoms. The highest BCUT2D eigenvalue weighted by Crippen LogP contribution is 2.68. The van der Waals surface area contributed by atoms with E-state index in [9.17, 15) is 29.7 Å². The van der Waals surface area contributed by atoms with Crippen LogP contribution >= 0.6 is 0 Å². The maximum Gasteiger partial charge on any atom is 0.330 e. The number of hydrogen-bond donors (Lipinski definition) is 3. The van der Waals surface area contributed by atoms with Crippen molar-refractivity contribution in [2.75, 3.05) is 0 Å². The molecule has 0 radical (unpaired) electrons. The number of carbonyl (C=O) groups is 3. The Morgan fingerprint density at radius 2 is 1.59 bits per heavy atom. The minimum Gasteiger partial charge on any atom is -0.507 e. The highest BCUT2D eigenvalue weighted by Gasteiger charge is 2.81. The molecule has 246 valence electrons. The molecule has 8 nitrogen and oxygen atoms in total. The predicted octanol–water partition coefficient (Wildman–Crippen LogP) is 7.27. The van der Waals surface area contributed by atoms with Crippen LogP contribution in [0.2, 0.25) is 0 Å². The summed E-state index contributed by atoms with van der Waals surface area (Å²) in [6.07, 6.45) is 11.6. The fraction of sp³-hybridized carbons (Fsp3) is 0.500. The summed E-state index contributed by atoms with van der Waals surface area (Å²) in [6, 6.07) is 0. The highest BCUT2D eigenvalue weighted by molar-refractivity contribution is 6.18. The van der Waals surface area contributed by atoms with Gasteiger partial charge in [-0.25, -0.2) is 4.79 Å². The van der Waals surface area contributed by atoms with E-state index in [0.29, 0.717) is 12.0 Å². The average Bonchev–Trinajstić information content (AvgIpc) is 3.12. The summed E-state index contributed by atoms with van der Waals surface area (Å²) >= 11 is 0. The molecule has 1 aromatic carbocycles. The first-order chi connectivity index (χ1) is 21.5. The van der Waals surface area contributed by atoms with Crippen molar-refractivity contribution in [3.05, 3.63) is 74.9 Å². The molecule has 2 unspecified atom stereocenters. The Labute approximate surface area is 271 Å². The van der Waals surface area contributed by atoms with Crippen LogP contribution in [-0.4, -0.2) is 49.7 Å². The average molecular weight is 631 g/mol. The number of carboxylic acids is 1. The molecule has 6 rings (SSSR count). The summed E-state index contributed by atoms with van der Waals surface area (Å²) in [5, 5.41) is 33.0. The molecule has 46 heavy (non-hydrogen) atoms. The number of Topliss-reactive ketones (excluding diaryl/α,β-unsaturated/α-hetero) is 2. The van der Waals surface area contributed by atoms with Crippen molar-refractivity contribution in [3.63, 3.8) is 0 Å². The number of rotatable bonds is 10. The van der Waals surface area contributed by atoms with E-state index in [4.69, 9.17) is 9.47 Å². The lowest BCUT2D eigenvalue weighted by Crippen LogP contribution is -2.72. The second-order valence-electron chi connectivity index (χ2n) is 14.4. The van der Waals surface area contributed by atoms with Gasteiger partial charge in [-0.15, -0.1) is 0 Å². The van der Waals surface area contributed by atoms with Gasteiger partial charge in [0.1, 0.15) is 22.8 Å². The van der Waals surface area contributed by atoms with Crippen LogP contribution in [0, 0.1) is 11.8 Å². The third-order valence-corrected chi connectivity index (χ3v) is 10.2. The Bertz CT molecular complexity index is 1670. The molecule has 5 aliphatic rings. The number of ketones is 2. The van der Waals surface area contributed by atoms with Crippen molar-refractivity contribution < 1.29 is 39.2 Å². The molecule has 4 bridgehead atoms. The maximum absolute atomic E-state index is 14.7. The Balaban J connectivity index is 1.71. The minimum absolute atomic E-state index is 0.0259. The second kappa shape index (κ2) is 11.7. The summed E-state index contributed by atoms with van der Waals surface area (Å²) in [5.74, 6) is -3.33. The second-order valence-corrected chi connectivity index (χ2v) is 14.4. The monoisotopic (exact) mass is 630 g/mol. The predicted molar refractivity (Wildman–Crippen MR) is 175 cm³/mol. The van der Waals surface area contributed by atoms with Crippen LogP contribution in [0.5, 0.6) is 17.2 Å². The van der Waals surface area contributed by atoms with Crippen LogP contribution in [0.1, 0.15) is 103 Å². The van der Waals surface area contributed by atoms with Gasteiger partial charge in [0.2, 0.25) is 0 Å². The summed E-state index contributed by atoms with van der Waals surface area (Å²) in [6.45, 7) is 15.2. The van der Waals surface area contributed by atoms with Crippen LogP contribution in [0.15, 0.2) is 58.2 Å². The fourth-order valence-electron chi connectivity index (χ4n) is 7.80. The summed E-state index contributed by atoms with van der Waals surface area (Å²) < 4.78 is 13.6. The zero-order valence-electron chi connectivity index (χ0n) is 28.2. The number of fused-ring (bicyclic) bond motifs is 1. The van der Waals surface area contributed by atoms with E-state index < -0.39 is 40.4 Å². The zero-order valence-corrected chi connectivity index (χ0v) is 28.2. The van der Waals surface area contributed by atoms with E-state index in [1.807, 2.05) is 46.8 Å². The Kier molecular flexibility index (Phi) is 8.52. The number of aromatic hydroxyl groups is 2. The minimum atomic E-state index is -1.67. The van der Waals surface area contributed by atoms with Crippen LogP contribution < -0.4 is 4.74 Å². The molecular weight excluding hydrogens is 584 g/mol. The number of phenols is 2. The lowest BCUT2D eigenvalue weighted by molar-refractivity contribution is -0.171. The lowest BCUT2D eigenvalue weighted by atomic mass is 9.51. The molecular formula is C38H46O8. The van der Waals surface area contributed by atoms with Gasteiger partial charge in [0.25, 0.3) is 0 Å². The lowest BCUT2D eigenvalue weighted by Gasteiger charge is -2.56. The SMILES string of the molecule is CC(C)=CCC/C(C)=C/Cc1c(O)c(CC=C(C)C)c2c(c1O)C(=O)C1=C[C@@H]3CC4C(C)(C)OC(C/C=C(\C)C(=O)O)(C3=O)[C@@]14O2. The number of ether oxygens (including phenoxy) is 2. The van der Waals surface area contributed by atoms with Gasteiger partial charge in [0.05, 0.1) is 5.60 Å². The van der Waals surface area contributed by atoms with E-state index >= 15 is 0 Å². The Hall–Kier alpha value is -3.91. The van der Waals surface area contributed by atoms with Crippen LogP contribution in [-0.2, 0) is 27.2 Å². The van der Waals surface area contributed by atoms with Crippen molar-refractivity contribution in [1.29, 1.82) is 0 Å². The van der Waals surface area contributed by atoms with E-state index in [0.717, 1.165) is 24.0 Å². The molecule has 2 heterocycles. The summed E-state index contributed by atoms with van der Waals surface area (Å²) in [5.41, 5.74) is 0.0623. The van der Waals surface area contributed by atoms with Crippen LogP contribution in [0.4, 0.5) is 0 Å². The number of carbonyl (C=O) groups excluding carboxylic acids is 2. The molecule has 0 aromatic heterocycles. The van der Waals surface area contributed by atoms with E-state index in [1.165, 1.54) is 18.6 Å². The van der Waals surface area contributed by atoms with Gasteiger partial charge in [0.15, 0.2) is 22.8 Å². The molecule has 2 aliphatic heterocycles. The molecule has 1 aromatic rings. The number of carboxylic acid groups (broad SMARTS) is 1.